The molecule has 1 N–H and O–H groups in total. The number of unbranched alkanes of at least 4 members (excludes halogenated alkanes) is 2. The molecule has 0 radical (unpaired) electrons. The van der Waals surface area contributed by atoms with E-state index in [2.05, 4.69) is 61.1 Å². The topological polar surface area (TPSA) is 17.0 Å². The van der Waals surface area contributed by atoms with Gasteiger partial charge >= 0.3 is 0 Å². The molecule has 0 aliphatic rings. The van der Waals surface area contributed by atoms with Crippen molar-refractivity contribution < 1.29 is 0 Å². The highest BCUT2D eigenvalue weighted by molar-refractivity contribution is 5.80. The maximum Gasteiger partial charge on any atom is 0.0480 e. The van der Waals surface area contributed by atoms with Crippen LogP contribution in [0.15, 0.2) is 30.5 Å². The van der Waals surface area contributed by atoms with Crippen LogP contribution in [0.4, 0.5) is 0 Å². The molecule has 0 fully saturated rings. The van der Waals surface area contributed by atoms with E-state index < -0.39 is 0 Å². The Morgan fingerprint density at radius 1 is 1.16 bits per heavy atom. The summed E-state index contributed by atoms with van der Waals surface area (Å²) in [5.41, 5.74) is 2.73. The zero-order valence-corrected chi connectivity index (χ0v) is 12.4. The molecule has 0 saturated carbocycles. The van der Waals surface area contributed by atoms with Gasteiger partial charge in [-0.15, -0.1) is 0 Å². The minimum Gasteiger partial charge on any atom is -0.347 e. The molecular weight excluding hydrogens is 232 g/mol. The van der Waals surface area contributed by atoms with Gasteiger partial charge in [0.15, 0.2) is 0 Å². The average Bonchev–Trinajstić information content (AvgIpc) is 2.79. The standard InChI is InChI=1S/C17H26N2/c1-4-5-6-10-19-11-9-16-12-15(7-8-17(16)19)13-18-14(2)3/h7-9,11-12,14,18H,4-6,10,13H2,1-3H3. The molecule has 0 unspecified atom stereocenters. The van der Waals surface area contributed by atoms with Crippen LogP contribution in [0.3, 0.4) is 0 Å². The predicted octanol–water partition coefficient (Wildman–Crippen LogP) is 4.33. The molecule has 1 aromatic carbocycles. The molecule has 104 valence electrons. The van der Waals surface area contributed by atoms with Crippen LogP contribution in [0.2, 0.25) is 0 Å². The van der Waals surface area contributed by atoms with Crippen molar-refractivity contribution in [2.45, 2.75) is 59.2 Å². The molecule has 2 heteroatoms. The third kappa shape index (κ3) is 3.84. The molecular formula is C17H26N2. The maximum atomic E-state index is 3.47. The smallest absolute Gasteiger partial charge is 0.0480 e. The van der Waals surface area contributed by atoms with Crippen LogP contribution in [0.1, 0.15) is 45.6 Å². The quantitative estimate of drug-likeness (QED) is 0.731. The number of nitrogens with zero attached hydrogens (tertiary/aromatic N) is 1. The second-order valence-corrected chi connectivity index (χ2v) is 5.65. The summed E-state index contributed by atoms with van der Waals surface area (Å²) in [5, 5.41) is 4.83. The zero-order valence-electron chi connectivity index (χ0n) is 12.4. The summed E-state index contributed by atoms with van der Waals surface area (Å²) in [7, 11) is 0. The van der Waals surface area contributed by atoms with Crippen molar-refractivity contribution in [1.82, 2.24) is 9.88 Å². The summed E-state index contributed by atoms with van der Waals surface area (Å²) in [6.45, 7) is 8.71. The molecule has 19 heavy (non-hydrogen) atoms. The number of nitrogens with one attached hydrogen (secondary N) is 1. The molecule has 0 saturated heterocycles. The predicted molar refractivity (Wildman–Crippen MR) is 83.4 cm³/mol. The van der Waals surface area contributed by atoms with Crippen molar-refractivity contribution in [2.24, 2.45) is 0 Å². The first-order valence-corrected chi connectivity index (χ1v) is 7.52. The molecule has 0 spiro atoms. The van der Waals surface area contributed by atoms with Crippen LogP contribution in [0.5, 0.6) is 0 Å². The molecule has 0 aliphatic carbocycles. The van der Waals surface area contributed by atoms with Crippen LogP contribution in [-0.2, 0) is 13.1 Å². The zero-order chi connectivity index (χ0) is 13.7. The Labute approximate surface area is 116 Å². The van der Waals surface area contributed by atoms with E-state index in [-0.39, 0.29) is 0 Å². The Morgan fingerprint density at radius 3 is 2.74 bits per heavy atom. The lowest BCUT2D eigenvalue weighted by molar-refractivity contribution is 0.589. The van der Waals surface area contributed by atoms with Crippen molar-refractivity contribution in [3.05, 3.63) is 36.0 Å². The first kappa shape index (κ1) is 14.1. The number of benzene rings is 1. The maximum absolute atomic E-state index is 3.47. The van der Waals surface area contributed by atoms with Crippen LogP contribution >= 0.6 is 0 Å². The molecule has 0 bridgehead atoms. The van der Waals surface area contributed by atoms with E-state index >= 15 is 0 Å². The molecule has 2 nitrogen and oxygen atoms in total. The molecule has 2 aromatic rings. The van der Waals surface area contributed by atoms with Gasteiger partial charge in [0, 0.05) is 30.8 Å². The lowest BCUT2D eigenvalue weighted by Crippen LogP contribution is -2.21. The van der Waals surface area contributed by atoms with E-state index in [0.29, 0.717) is 6.04 Å². The minimum atomic E-state index is 0.536. The number of aromatic nitrogens is 1. The molecule has 0 atom stereocenters. The van der Waals surface area contributed by atoms with Gasteiger partial charge in [-0.05, 0) is 35.6 Å². The molecule has 1 aromatic heterocycles. The molecule has 1 heterocycles. The third-order valence-corrected chi connectivity index (χ3v) is 3.55. The van der Waals surface area contributed by atoms with Gasteiger partial charge < -0.3 is 9.88 Å². The average molecular weight is 258 g/mol. The number of fused-ring (bicyclic) bond motifs is 1. The second-order valence-electron chi connectivity index (χ2n) is 5.65. The van der Waals surface area contributed by atoms with E-state index in [1.54, 1.807) is 0 Å². The first-order valence-electron chi connectivity index (χ1n) is 7.52. The summed E-state index contributed by atoms with van der Waals surface area (Å²) in [6, 6.07) is 9.59. The van der Waals surface area contributed by atoms with Gasteiger partial charge in [-0.25, -0.2) is 0 Å². The number of rotatable bonds is 7. The van der Waals surface area contributed by atoms with Crippen LogP contribution in [0, 0.1) is 0 Å². The summed E-state index contributed by atoms with van der Waals surface area (Å²) >= 11 is 0. The molecule has 0 aliphatic heterocycles. The van der Waals surface area contributed by atoms with Crippen molar-refractivity contribution in [3.8, 4) is 0 Å². The van der Waals surface area contributed by atoms with Gasteiger partial charge in [-0.2, -0.15) is 0 Å². The summed E-state index contributed by atoms with van der Waals surface area (Å²) in [4.78, 5) is 0. The van der Waals surface area contributed by atoms with Crippen molar-refractivity contribution >= 4 is 10.9 Å². The number of hydrogen-bond donors (Lipinski definition) is 1. The van der Waals surface area contributed by atoms with Crippen molar-refractivity contribution in [2.75, 3.05) is 0 Å². The van der Waals surface area contributed by atoms with Crippen LogP contribution in [-0.4, -0.2) is 10.6 Å². The number of hydrogen-bond acceptors (Lipinski definition) is 1. The Bertz CT molecular complexity index is 511. The first-order chi connectivity index (χ1) is 9.20. The largest absolute Gasteiger partial charge is 0.347 e. The Kier molecular flexibility index (Phi) is 5.03. The fourth-order valence-electron chi connectivity index (χ4n) is 2.41. The number of aryl methyl sites for hydroxylation is 1. The Balaban J connectivity index is 2.08. The molecule has 0 amide bonds. The van der Waals surface area contributed by atoms with Gasteiger partial charge in [0.25, 0.3) is 0 Å². The Hall–Kier alpha value is -1.28. The van der Waals surface area contributed by atoms with Crippen LogP contribution < -0.4 is 5.32 Å². The van der Waals surface area contributed by atoms with Crippen molar-refractivity contribution in [3.63, 3.8) is 0 Å². The van der Waals surface area contributed by atoms with Crippen LogP contribution in [0.25, 0.3) is 10.9 Å². The van der Waals surface area contributed by atoms with E-state index in [4.69, 9.17) is 0 Å². The van der Waals surface area contributed by atoms with E-state index in [0.717, 1.165) is 13.1 Å². The minimum absolute atomic E-state index is 0.536. The lowest BCUT2D eigenvalue weighted by Gasteiger charge is -2.09. The van der Waals surface area contributed by atoms with Gasteiger partial charge in [-0.1, -0.05) is 39.7 Å². The van der Waals surface area contributed by atoms with Crippen molar-refractivity contribution in [1.29, 1.82) is 0 Å². The highest BCUT2D eigenvalue weighted by Crippen LogP contribution is 2.18. The van der Waals surface area contributed by atoms with E-state index in [1.165, 1.54) is 35.7 Å². The van der Waals surface area contributed by atoms with Gasteiger partial charge in [0.1, 0.15) is 0 Å². The summed E-state index contributed by atoms with van der Waals surface area (Å²) in [6.07, 6.45) is 6.09. The SMILES string of the molecule is CCCCCn1ccc2cc(CNC(C)C)ccc21. The lowest BCUT2D eigenvalue weighted by atomic mass is 10.1. The molecule has 2 rings (SSSR count). The summed E-state index contributed by atoms with van der Waals surface area (Å²) in [5.74, 6) is 0. The fourth-order valence-corrected chi connectivity index (χ4v) is 2.41. The summed E-state index contributed by atoms with van der Waals surface area (Å²) < 4.78 is 2.38. The fraction of sp³-hybridized carbons (Fsp3) is 0.529. The monoisotopic (exact) mass is 258 g/mol. The second kappa shape index (κ2) is 6.76. The highest BCUT2D eigenvalue weighted by Gasteiger charge is 2.02. The third-order valence-electron chi connectivity index (χ3n) is 3.55. The normalized spacial score (nSPS) is 11.6. The Morgan fingerprint density at radius 2 is 2.00 bits per heavy atom. The van der Waals surface area contributed by atoms with Gasteiger partial charge in [0.05, 0.1) is 0 Å². The highest BCUT2D eigenvalue weighted by atomic mass is 14.9. The van der Waals surface area contributed by atoms with E-state index in [1.807, 2.05) is 0 Å². The van der Waals surface area contributed by atoms with Gasteiger partial charge in [0.2, 0.25) is 0 Å². The van der Waals surface area contributed by atoms with E-state index in [9.17, 15) is 0 Å². The van der Waals surface area contributed by atoms with Gasteiger partial charge in [-0.3, -0.25) is 0 Å².